The van der Waals surface area contributed by atoms with Gasteiger partial charge < -0.3 is 0 Å². The fourth-order valence-corrected chi connectivity index (χ4v) is 3.90. The van der Waals surface area contributed by atoms with Gasteiger partial charge in [0.05, 0.1) is 5.69 Å². The molecule has 0 spiro atoms. The fraction of sp³-hybridized carbons (Fsp3) is 0.190. The molecule has 126 valence electrons. The molecule has 0 saturated heterocycles. The summed E-state index contributed by atoms with van der Waals surface area (Å²) in [5.74, 6) is 0.333. The van der Waals surface area contributed by atoms with Gasteiger partial charge in [-0.15, -0.1) is 11.3 Å². The molecule has 0 aliphatic rings. The Kier molecular flexibility index (Phi) is 4.14. The third-order valence-electron chi connectivity index (χ3n) is 4.37. The zero-order valence-electron chi connectivity index (χ0n) is 14.2. The summed E-state index contributed by atoms with van der Waals surface area (Å²) in [6.45, 7) is 4.42. The third-order valence-corrected chi connectivity index (χ3v) is 5.37. The van der Waals surface area contributed by atoms with Crippen molar-refractivity contribution in [3.63, 3.8) is 0 Å². The van der Waals surface area contributed by atoms with Crippen molar-refractivity contribution in [2.75, 3.05) is 0 Å². The molecule has 2 nitrogen and oxygen atoms in total. The van der Waals surface area contributed by atoms with Gasteiger partial charge >= 0.3 is 0 Å². The van der Waals surface area contributed by atoms with Gasteiger partial charge in [0.15, 0.2) is 4.96 Å². The van der Waals surface area contributed by atoms with Gasteiger partial charge in [-0.3, -0.25) is 4.40 Å². The SMILES string of the molecule is CC(C)c1ccc(Cc2cn3cc(-c4ccc(F)cc4)nc3s2)cc1. The van der Waals surface area contributed by atoms with Crippen molar-refractivity contribution in [3.8, 4) is 11.3 Å². The molecule has 0 amide bonds. The van der Waals surface area contributed by atoms with Crippen LogP contribution in [0.4, 0.5) is 4.39 Å². The summed E-state index contributed by atoms with van der Waals surface area (Å²) in [6, 6.07) is 15.3. The van der Waals surface area contributed by atoms with Crippen LogP contribution in [0.25, 0.3) is 16.2 Å². The number of halogens is 1. The molecule has 0 atom stereocenters. The zero-order valence-corrected chi connectivity index (χ0v) is 15.1. The second-order valence-electron chi connectivity index (χ2n) is 6.59. The number of hydrogen-bond donors (Lipinski definition) is 0. The molecular weight excluding hydrogens is 331 g/mol. The highest BCUT2D eigenvalue weighted by molar-refractivity contribution is 7.17. The molecule has 0 N–H and O–H groups in total. The van der Waals surface area contributed by atoms with E-state index in [0.717, 1.165) is 22.6 Å². The van der Waals surface area contributed by atoms with E-state index in [9.17, 15) is 4.39 Å². The molecule has 4 aromatic rings. The van der Waals surface area contributed by atoms with E-state index in [1.165, 1.54) is 28.1 Å². The minimum absolute atomic E-state index is 0.226. The van der Waals surface area contributed by atoms with Crippen molar-refractivity contribution in [3.05, 3.63) is 82.7 Å². The molecule has 0 aliphatic heterocycles. The summed E-state index contributed by atoms with van der Waals surface area (Å²) in [5, 5.41) is 0. The molecule has 0 radical (unpaired) electrons. The van der Waals surface area contributed by atoms with E-state index in [2.05, 4.69) is 53.7 Å². The van der Waals surface area contributed by atoms with Crippen LogP contribution < -0.4 is 0 Å². The lowest BCUT2D eigenvalue weighted by molar-refractivity contribution is 0.628. The Morgan fingerprint density at radius 1 is 1.00 bits per heavy atom. The predicted octanol–water partition coefficient (Wildman–Crippen LogP) is 5.92. The van der Waals surface area contributed by atoms with Crippen molar-refractivity contribution in [2.45, 2.75) is 26.2 Å². The monoisotopic (exact) mass is 350 g/mol. The number of benzene rings is 2. The molecule has 25 heavy (non-hydrogen) atoms. The van der Waals surface area contributed by atoms with Crippen LogP contribution in [0.1, 0.15) is 35.8 Å². The van der Waals surface area contributed by atoms with Crippen LogP contribution in [0.2, 0.25) is 0 Å². The Morgan fingerprint density at radius 3 is 2.36 bits per heavy atom. The van der Waals surface area contributed by atoms with Gasteiger partial charge in [0.25, 0.3) is 0 Å². The van der Waals surface area contributed by atoms with Gasteiger partial charge in [0, 0.05) is 29.3 Å². The summed E-state index contributed by atoms with van der Waals surface area (Å²) in [6.07, 6.45) is 5.05. The van der Waals surface area contributed by atoms with E-state index in [4.69, 9.17) is 0 Å². The Bertz CT molecular complexity index is 963. The van der Waals surface area contributed by atoms with E-state index in [1.807, 2.05) is 6.20 Å². The summed E-state index contributed by atoms with van der Waals surface area (Å²) >= 11 is 1.70. The normalized spacial score (nSPS) is 11.5. The van der Waals surface area contributed by atoms with Gasteiger partial charge in [-0.1, -0.05) is 38.1 Å². The molecule has 0 aliphatic carbocycles. The first-order chi connectivity index (χ1) is 12.1. The largest absolute Gasteiger partial charge is 0.297 e. The van der Waals surface area contributed by atoms with E-state index in [1.54, 1.807) is 23.5 Å². The molecule has 2 aromatic carbocycles. The zero-order chi connectivity index (χ0) is 17.4. The number of thiazole rings is 1. The van der Waals surface area contributed by atoms with Crippen molar-refractivity contribution in [1.29, 1.82) is 0 Å². The van der Waals surface area contributed by atoms with Crippen molar-refractivity contribution in [2.24, 2.45) is 0 Å². The third kappa shape index (κ3) is 3.35. The van der Waals surface area contributed by atoms with Gasteiger partial charge in [-0.25, -0.2) is 9.37 Å². The van der Waals surface area contributed by atoms with E-state index < -0.39 is 0 Å². The average Bonchev–Trinajstić information content (AvgIpc) is 3.14. The molecule has 4 rings (SSSR count). The van der Waals surface area contributed by atoms with E-state index in [0.29, 0.717) is 5.92 Å². The average molecular weight is 350 g/mol. The highest BCUT2D eigenvalue weighted by Crippen LogP contribution is 2.26. The quantitative estimate of drug-likeness (QED) is 0.447. The molecule has 0 saturated carbocycles. The Balaban J connectivity index is 1.55. The van der Waals surface area contributed by atoms with Crippen LogP contribution in [0.5, 0.6) is 0 Å². The lowest BCUT2D eigenvalue weighted by Crippen LogP contribution is -1.89. The minimum atomic E-state index is -0.226. The maximum Gasteiger partial charge on any atom is 0.194 e. The van der Waals surface area contributed by atoms with Gasteiger partial charge in [0.1, 0.15) is 5.82 Å². The van der Waals surface area contributed by atoms with E-state index in [-0.39, 0.29) is 5.82 Å². The summed E-state index contributed by atoms with van der Waals surface area (Å²) in [5.41, 5.74) is 4.49. The maximum atomic E-state index is 13.1. The molecule has 0 unspecified atom stereocenters. The maximum absolute atomic E-state index is 13.1. The standard InChI is InChI=1S/C21H19FN2S/c1-14(2)16-5-3-15(4-6-16)11-19-12-24-13-20(23-21(24)25-19)17-7-9-18(22)10-8-17/h3-10,12-14H,11H2,1-2H3. The Morgan fingerprint density at radius 2 is 1.72 bits per heavy atom. The van der Waals surface area contributed by atoms with E-state index >= 15 is 0 Å². The van der Waals surface area contributed by atoms with Crippen molar-refractivity contribution >= 4 is 16.3 Å². The van der Waals surface area contributed by atoms with Crippen molar-refractivity contribution < 1.29 is 4.39 Å². The number of rotatable bonds is 4. The molecule has 2 aromatic heterocycles. The lowest BCUT2D eigenvalue weighted by Gasteiger charge is -2.06. The first-order valence-corrected chi connectivity index (χ1v) is 9.22. The number of fused-ring (bicyclic) bond motifs is 1. The van der Waals surface area contributed by atoms with Crippen LogP contribution in [-0.4, -0.2) is 9.38 Å². The Labute approximate surface area is 150 Å². The second kappa shape index (κ2) is 6.45. The summed E-state index contributed by atoms with van der Waals surface area (Å²) in [7, 11) is 0. The second-order valence-corrected chi connectivity index (χ2v) is 7.69. The highest BCUT2D eigenvalue weighted by atomic mass is 32.1. The van der Waals surface area contributed by atoms with Gasteiger partial charge in [-0.05, 0) is 41.3 Å². The molecule has 0 bridgehead atoms. The van der Waals surface area contributed by atoms with Crippen LogP contribution >= 0.6 is 11.3 Å². The lowest BCUT2D eigenvalue weighted by atomic mass is 10.0. The fourth-order valence-electron chi connectivity index (χ4n) is 2.91. The minimum Gasteiger partial charge on any atom is -0.297 e. The topological polar surface area (TPSA) is 17.3 Å². The molecule has 0 fully saturated rings. The number of hydrogen-bond acceptors (Lipinski definition) is 2. The number of nitrogens with zero attached hydrogens (tertiary/aromatic N) is 2. The molecular formula is C21H19FN2S. The van der Waals surface area contributed by atoms with Crippen LogP contribution in [0.3, 0.4) is 0 Å². The van der Waals surface area contributed by atoms with Gasteiger partial charge in [-0.2, -0.15) is 0 Å². The summed E-state index contributed by atoms with van der Waals surface area (Å²) in [4.78, 5) is 6.92. The Hall–Kier alpha value is -2.46. The number of aromatic nitrogens is 2. The van der Waals surface area contributed by atoms with Crippen LogP contribution in [0.15, 0.2) is 60.9 Å². The number of imidazole rings is 1. The smallest absolute Gasteiger partial charge is 0.194 e. The van der Waals surface area contributed by atoms with Crippen LogP contribution in [-0.2, 0) is 6.42 Å². The summed E-state index contributed by atoms with van der Waals surface area (Å²) < 4.78 is 15.1. The van der Waals surface area contributed by atoms with Gasteiger partial charge in [0.2, 0.25) is 0 Å². The first kappa shape index (κ1) is 16.0. The predicted molar refractivity (Wildman–Crippen MR) is 102 cm³/mol. The highest BCUT2D eigenvalue weighted by Gasteiger charge is 2.09. The first-order valence-electron chi connectivity index (χ1n) is 8.41. The van der Waals surface area contributed by atoms with Crippen LogP contribution in [0, 0.1) is 5.82 Å². The van der Waals surface area contributed by atoms with Crippen molar-refractivity contribution in [1.82, 2.24) is 9.38 Å². The molecule has 2 heterocycles. The molecule has 4 heteroatoms.